The summed E-state index contributed by atoms with van der Waals surface area (Å²) in [6, 6.07) is 0. The van der Waals surface area contributed by atoms with Gasteiger partial charge in [-0.3, -0.25) is 4.90 Å². The Morgan fingerprint density at radius 1 is 0.800 bits per heavy atom. The van der Waals surface area contributed by atoms with Gasteiger partial charge in [-0.25, -0.2) is 0 Å². The van der Waals surface area contributed by atoms with Gasteiger partial charge in [0.05, 0.1) is 0 Å². The smallest absolute Gasteiger partial charge is 0.0163 e. The van der Waals surface area contributed by atoms with Gasteiger partial charge >= 0.3 is 0 Å². The first-order chi connectivity index (χ1) is 9.88. The van der Waals surface area contributed by atoms with Crippen molar-refractivity contribution in [3.8, 4) is 0 Å². The zero-order valence-corrected chi connectivity index (χ0v) is 13.2. The van der Waals surface area contributed by atoms with Crippen molar-refractivity contribution in [3.05, 3.63) is 12.2 Å². The molecule has 0 aromatic carbocycles. The van der Waals surface area contributed by atoms with E-state index in [1.807, 2.05) is 0 Å². The third-order valence-corrected chi connectivity index (χ3v) is 4.45. The summed E-state index contributed by atoms with van der Waals surface area (Å²) >= 11 is 0. The SMILES string of the molecule is C/C=C/CN1CCCN2CCN(CCCNCC1)CC2. The summed E-state index contributed by atoms with van der Waals surface area (Å²) in [5.41, 5.74) is 0. The lowest BCUT2D eigenvalue weighted by Crippen LogP contribution is -2.48. The molecule has 4 nitrogen and oxygen atoms in total. The van der Waals surface area contributed by atoms with Crippen LogP contribution in [0.5, 0.6) is 0 Å². The predicted molar refractivity (Wildman–Crippen MR) is 86.2 cm³/mol. The fraction of sp³-hybridized carbons (Fsp3) is 0.875. The van der Waals surface area contributed by atoms with Gasteiger partial charge in [-0.15, -0.1) is 0 Å². The van der Waals surface area contributed by atoms with E-state index >= 15 is 0 Å². The Bertz CT molecular complexity index is 269. The molecule has 3 rings (SSSR count). The second-order valence-electron chi connectivity index (χ2n) is 6.01. The van der Waals surface area contributed by atoms with Crippen molar-refractivity contribution in [1.29, 1.82) is 0 Å². The van der Waals surface area contributed by atoms with E-state index < -0.39 is 0 Å². The monoisotopic (exact) mass is 280 g/mol. The molecule has 0 amide bonds. The van der Waals surface area contributed by atoms with Crippen molar-refractivity contribution < 1.29 is 0 Å². The first-order valence-electron chi connectivity index (χ1n) is 8.37. The van der Waals surface area contributed by atoms with E-state index in [0.717, 1.165) is 19.6 Å². The first-order valence-corrected chi connectivity index (χ1v) is 8.37. The highest BCUT2D eigenvalue weighted by atomic mass is 15.3. The fourth-order valence-electron chi connectivity index (χ4n) is 3.09. The molecule has 3 fully saturated rings. The quantitative estimate of drug-likeness (QED) is 0.758. The molecule has 0 spiro atoms. The van der Waals surface area contributed by atoms with Gasteiger partial charge in [0, 0.05) is 45.8 Å². The topological polar surface area (TPSA) is 21.8 Å². The maximum Gasteiger partial charge on any atom is 0.0163 e. The molecule has 0 aromatic rings. The van der Waals surface area contributed by atoms with E-state index in [4.69, 9.17) is 0 Å². The van der Waals surface area contributed by atoms with Crippen LogP contribution in [0, 0.1) is 0 Å². The summed E-state index contributed by atoms with van der Waals surface area (Å²) in [5.74, 6) is 0. The van der Waals surface area contributed by atoms with Gasteiger partial charge in [0.15, 0.2) is 0 Å². The van der Waals surface area contributed by atoms with Gasteiger partial charge in [0.25, 0.3) is 0 Å². The largest absolute Gasteiger partial charge is 0.315 e. The molecule has 3 aliphatic rings. The molecular weight excluding hydrogens is 248 g/mol. The van der Waals surface area contributed by atoms with Crippen LogP contribution in [-0.2, 0) is 0 Å². The Morgan fingerprint density at radius 3 is 2.20 bits per heavy atom. The summed E-state index contributed by atoms with van der Waals surface area (Å²) in [5, 5.41) is 3.60. The van der Waals surface area contributed by atoms with Gasteiger partial charge in [0.1, 0.15) is 0 Å². The van der Waals surface area contributed by atoms with Crippen LogP contribution in [0.4, 0.5) is 0 Å². The lowest BCUT2D eigenvalue weighted by molar-refractivity contribution is 0.125. The van der Waals surface area contributed by atoms with Crippen molar-refractivity contribution >= 4 is 0 Å². The average Bonchev–Trinajstić information content (AvgIpc) is 2.49. The molecule has 0 atom stereocenters. The number of fused-ring (bicyclic) bond motifs is 11. The van der Waals surface area contributed by atoms with Crippen LogP contribution in [0.15, 0.2) is 12.2 Å². The molecule has 3 aliphatic heterocycles. The molecule has 3 heterocycles. The molecule has 0 aromatic heterocycles. The van der Waals surface area contributed by atoms with E-state index in [1.54, 1.807) is 0 Å². The van der Waals surface area contributed by atoms with E-state index in [2.05, 4.69) is 39.1 Å². The highest BCUT2D eigenvalue weighted by Crippen LogP contribution is 2.04. The number of nitrogens with one attached hydrogen (secondary N) is 1. The zero-order valence-electron chi connectivity index (χ0n) is 13.2. The molecule has 2 bridgehead atoms. The molecular formula is C16H32N4. The third-order valence-electron chi connectivity index (χ3n) is 4.45. The van der Waals surface area contributed by atoms with Crippen LogP contribution in [0.3, 0.4) is 0 Å². The van der Waals surface area contributed by atoms with Gasteiger partial charge in [-0.2, -0.15) is 0 Å². The van der Waals surface area contributed by atoms with Gasteiger partial charge < -0.3 is 15.1 Å². The number of piperazine rings is 1. The lowest BCUT2D eigenvalue weighted by Gasteiger charge is -2.35. The predicted octanol–water partition coefficient (Wildman–Crippen LogP) is 0.866. The second kappa shape index (κ2) is 9.50. The highest BCUT2D eigenvalue weighted by Gasteiger charge is 2.16. The van der Waals surface area contributed by atoms with Crippen LogP contribution in [-0.4, -0.2) is 86.7 Å². The van der Waals surface area contributed by atoms with Crippen LogP contribution in [0.1, 0.15) is 19.8 Å². The molecule has 0 radical (unpaired) electrons. The van der Waals surface area contributed by atoms with Crippen molar-refractivity contribution in [2.45, 2.75) is 19.8 Å². The fourth-order valence-corrected chi connectivity index (χ4v) is 3.09. The molecule has 3 saturated heterocycles. The van der Waals surface area contributed by atoms with E-state index in [0.29, 0.717) is 0 Å². The number of allylic oxidation sites excluding steroid dienone is 1. The molecule has 0 unspecified atom stereocenters. The highest BCUT2D eigenvalue weighted by molar-refractivity contribution is 4.82. The summed E-state index contributed by atoms with van der Waals surface area (Å²) in [4.78, 5) is 7.85. The van der Waals surface area contributed by atoms with Crippen molar-refractivity contribution in [2.24, 2.45) is 0 Å². The van der Waals surface area contributed by atoms with E-state index in [-0.39, 0.29) is 0 Å². The number of nitrogens with zero attached hydrogens (tertiary/aromatic N) is 3. The Morgan fingerprint density at radius 2 is 1.50 bits per heavy atom. The molecule has 116 valence electrons. The van der Waals surface area contributed by atoms with E-state index in [1.165, 1.54) is 65.2 Å². The Hall–Kier alpha value is -0.420. The number of rotatable bonds is 2. The van der Waals surface area contributed by atoms with Crippen molar-refractivity contribution in [3.63, 3.8) is 0 Å². The molecule has 0 saturated carbocycles. The summed E-state index contributed by atoms with van der Waals surface area (Å²) < 4.78 is 0. The number of hydrogen-bond donors (Lipinski definition) is 1. The van der Waals surface area contributed by atoms with Crippen LogP contribution in [0.2, 0.25) is 0 Å². The first kappa shape index (κ1) is 16.0. The van der Waals surface area contributed by atoms with Crippen LogP contribution < -0.4 is 5.32 Å². The van der Waals surface area contributed by atoms with Gasteiger partial charge in [-0.05, 0) is 45.9 Å². The second-order valence-corrected chi connectivity index (χ2v) is 6.01. The molecule has 0 aliphatic carbocycles. The normalized spacial score (nSPS) is 31.4. The summed E-state index contributed by atoms with van der Waals surface area (Å²) in [6.45, 7) is 15.5. The third kappa shape index (κ3) is 5.92. The Kier molecular flexibility index (Phi) is 7.58. The minimum atomic E-state index is 1.10. The summed E-state index contributed by atoms with van der Waals surface area (Å²) in [6.07, 6.45) is 7.03. The lowest BCUT2D eigenvalue weighted by atomic mass is 10.2. The Balaban J connectivity index is 1.80. The molecule has 1 N–H and O–H groups in total. The number of hydrogen-bond acceptors (Lipinski definition) is 4. The van der Waals surface area contributed by atoms with Crippen LogP contribution >= 0.6 is 0 Å². The van der Waals surface area contributed by atoms with Gasteiger partial charge in [0.2, 0.25) is 0 Å². The maximum atomic E-state index is 3.60. The molecule has 20 heavy (non-hydrogen) atoms. The van der Waals surface area contributed by atoms with Gasteiger partial charge in [-0.1, -0.05) is 12.2 Å². The average molecular weight is 280 g/mol. The van der Waals surface area contributed by atoms with Crippen molar-refractivity contribution in [1.82, 2.24) is 20.0 Å². The van der Waals surface area contributed by atoms with Crippen LogP contribution in [0.25, 0.3) is 0 Å². The standard InChI is InChI=1S/C16H32N4/c1-2-3-8-18-10-5-11-20-15-13-19(14-16-20)9-4-6-17-7-12-18/h2-3,17H,4-16H2,1H3/b3-2+. The summed E-state index contributed by atoms with van der Waals surface area (Å²) in [7, 11) is 0. The minimum Gasteiger partial charge on any atom is -0.315 e. The van der Waals surface area contributed by atoms with Crippen molar-refractivity contribution in [2.75, 3.05) is 72.0 Å². The zero-order chi connectivity index (χ0) is 14.0. The van der Waals surface area contributed by atoms with E-state index in [9.17, 15) is 0 Å². The Labute approximate surface area is 124 Å². The minimum absolute atomic E-state index is 1.10. The molecule has 4 heteroatoms. The maximum absolute atomic E-state index is 3.60.